The van der Waals surface area contributed by atoms with Crippen LogP contribution >= 0.6 is 0 Å². The Morgan fingerprint density at radius 2 is 1.59 bits per heavy atom. The monoisotopic (exact) mass is 663 g/mol. The fraction of sp³-hybridized carbons (Fsp3) is 0.405. The minimum Gasteiger partial charge on any atom is -0.380 e. The predicted molar refractivity (Wildman–Crippen MR) is 181 cm³/mol. The van der Waals surface area contributed by atoms with E-state index in [4.69, 9.17) is 0 Å². The molecule has 2 N–H and O–H groups in total. The Hall–Kier alpha value is -5.26. The molecule has 0 radical (unpaired) electrons. The number of nitrogens with zero attached hydrogens (tertiary/aromatic N) is 5. The summed E-state index contributed by atoms with van der Waals surface area (Å²) in [5.41, 5.74) is 3.61. The molecule has 2 aromatic carbocycles. The van der Waals surface area contributed by atoms with Gasteiger partial charge in [-0.15, -0.1) is 0 Å². The van der Waals surface area contributed by atoms with Gasteiger partial charge in [-0.3, -0.25) is 33.6 Å². The summed E-state index contributed by atoms with van der Waals surface area (Å²) < 4.78 is 1.96. The molecule has 5 amide bonds. The standard InChI is InChI=1S/C37H41N7O5/c1-24-10-11-31(34(46)40-24)44-36(48)29-8-5-9-30(33(29)37(44)49)38-21-26-22-39-43(23-26)28-14-18-42(19-15-28)35(47)27-12-16-41(17-13-27)32(45)20-25-6-3-2-4-7-25/h2-9,22-23,27-28,31,38H,1,10-21H2,(H,40,46). The van der Waals surface area contributed by atoms with Crippen molar-refractivity contribution in [2.75, 3.05) is 31.5 Å². The summed E-state index contributed by atoms with van der Waals surface area (Å²) in [6, 6.07) is 14.2. The molecule has 3 fully saturated rings. The number of carbonyl (C=O) groups is 5. The summed E-state index contributed by atoms with van der Waals surface area (Å²) in [4.78, 5) is 70.3. The van der Waals surface area contributed by atoms with Crippen LogP contribution in [-0.2, 0) is 27.3 Å². The van der Waals surface area contributed by atoms with E-state index in [9.17, 15) is 24.0 Å². The van der Waals surface area contributed by atoms with Crippen molar-refractivity contribution >= 4 is 35.2 Å². The zero-order valence-electron chi connectivity index (χ0n) is 27.5. The van der Waals surface area contributed by atoms with Gasteiger partial charge in [-0.05, 0) is 56.2 Å². The molecule has 49 heavy (non-hydrogen) atoms. The van der Waals surface area contributed by atoms with Crippen LogP contribution in [0.1, 0.15) is 76.4 Å². The molecular weight excluding hydrogens is 622 g/mol. The van der Waals surface area contributed by atoms with Crippen molar-refractivity contribution in [3.05, 3.63) is 95.5 Å². The number of hydrogen-bond acceptors (Lipinski definition) is 7. The number of amides is 5. The van der Waals surface area contributed by atoms with Gasteiger partial charge in [0.15, 0.2) is 0 Å². The third kappa shape index (κ3) is 6.59. The van der Waals surface area contributed by atoms with Crippen molar-refractivity contribution in [3.63, 3.8) is 0 Å². The van der Waals surface area contributed by atoms with E-state index in [1.165, 1.54) is 0 Å². The second kappa shape index (κ2) is 13.7. The molecule has 0 spiro atoms. The Balaban J connectivity index is 0.894. The van der Waals surface area contributed by atoms with Gasteiger partial charge >= 0.3 is 0 Å². The lowest BCUT2D eigenvalue weighted by Gasteiger charge is -2.37. The first-order valence-electron chi connectivity index (χ1n) is 17.1. The van der Waals surface area contributed by atoms with Gasteiger partial charge < -0.3 is 20.4 Å². The summed E-state index contributed by atoms with van der Waals surface area (Å²) in [6.07, 6.45) is 8.02. The summed E-state index contributed by atoms with van der Waals surface area (Å²) in [5.74, 6) is -1.07. The van der Waals surface area contributed by atoms with Crippen LogP contribution in [0.3, 0.4) is 0 Å². The molecule has 1 atom stereocenters. The minimum atomic E-state index is -0.862. The van der Waals surface area contributed by atoms with Gasteiger partial charge in [0.1, 0.15) is 6.04 Å². The third-order valence-electron chi connectivity index (χ3n) is 10.3. The van der Waals surface area contributed by atoms with E-state index in [-0.39, 0.29) is 34.9 Å². The Kier molecular flexibility index (Phi) is 9.03. The number of piperidine rings is 3. The number of carbonyl (C=O) groups excluding carboxylic acids is 5. The molecule has 0 saturated carbocycles. The molecule has 4 aliphatic heterocycles. The van der Waals surface area contributed by atoms with Crippen molar-refractivity contribution in [3.8, 4) is 0 Å². The van der Waals surface area contributed by atoms with Gasteiger partial charge in [0.05, 0.1) is 29.8 Å². The Morgan fingerprint density at radius 3 is 2.33 bits per heavy atom. The van der Waals surface area contributed by atoms with Crippen LogP contribution in [-0.4, -0.2) is 86.2 Å². The Labute approximate surface area is 285 Å². The number of imide groups is 1. The molecule has 1 unspecified atom stereocenters. The molecule has 12 nitrogen and oxygen atoms in total. The lowest BCUT2D eigenvalue weighted by molar-refractivity contribution is -0.141. The van der Waals surface area contributed by atoms with E-state index in [1.54, 1.807) is 24.4 Å². The molecule has 12 heteroatoms. The van der Waals surface area contributed by atoms with E-state index in [1.807, 2.05) is 51.0 Å². The maximum atomic E-state index is 13.5. The summed E-state index contributed by atoms with van der Waals surface area (Å²) in [5, 5.41) is 10.6. The first-order valence-corrected chi connectivity index (χ1v) is 17.1. The van der Waals surface area contributed by atoms with Gasteiger partial charge in [0.25, 0.3) is 11.8 Å². The maximum Gasteiger partial charge on any atom is 0.264 e. The number of rotatable bonds is 8. The largest absolute Gasteiger partial charge is 0.380 e. The quantitative estimate of drug-likeness (QED) is 0.352. The summed E-state index contributed by atoms with van der Waals surface area (Å²) in [7, 11) is 0. The highest BCUT2D eigenvalue weighted by atomic mass is 16.2. The van der Waals surface area contributed by atoms with Gasteiger partial charge in [-0.2, -0.15) is 5.10 Å². The second-order valence-corrected chi connectivity index (χ2v) is 13.4. The molecule has 4 aliphatic rings. The molecule has 3 aromatic rings. The first kappa shape index (κ1) is 32.3. The Morgan fingerprint density at radius 1 is 0.857 bits per heavy atom. The summed E-state index contributed by atoms with van der Waals surface area (Å²) in [6.45, 7) is 6.74. The summed E-state index contributed by atoms with van der Waals surface area (Å²) >= 11 is 0. The van der Waals surface area contributed by atoms with Crippen molar-refractivity contribution in [2.24, 2.45) is 5.92 Å². The highest BCUT2D eigenvalue weighted by Gasteiger charge is 2.45. The zero-order valence-corrected chi connectivity index (χ0v) is 27.5. The van der Waals surface area contributed by atoms with Gasteiger partial charge in [-0.25, -0.2) is 0 Å². The van der Waals surface area contributed by atoms with Crippen LogP contribution in [0.2, 0.25) is 0 Å². The van der Waals surface area contributed by atoms with Crippen molar-refractivity contribution in [2.45, 2.75) is 63.6 Å². The molecule has 7 rings (SSSR count). The molecular formula is C37H41N7O5. The second-order valence-electron chi connectivity index (χ2n) is 13.4. The van der Waals surface area contributed by atoms with Gasteiger partial charge in [0, 0.05) is 61.8 Å². The van der Waals surface area contributed by atoms with Crippen LogP contribution in [0.15, 0.2) is 73.2 Å². The molecule has 3 saturated heterocycles. The van der Waals surface area contributed by atoms with Crippen LogP contribution in [0, 0.1) is 5.92 Å². The van der Waals surface area contributed by atoms with E-state index >= 15 is 0 Å². The number of hydrogen-bond donors (Lipinski definition) is 2. The van der Waals surface area contributed by atoms with Gasteiger partial charge in [0.2, 0.25) is 17.7 Å². The number of anilines is 1. The number of allylic oxidation sites excluding steroid dienone is 1. The highest BCUT2D eigenvalue weighted by Crippen LogP contribution is 2.33. The molecule has 5 heterocycles. The average Bonchev–Trinajstić information content (AvgIpc) is 3.70. The van der Waals surface area contributed by atoms with E-state index in [2.05, 4.69) is 22.3 Å². The number of fused-ring (bicyclic) bond motifs is 1. The first-order chi connectivity index (χ1) is 23.8. The number of benzene rings is 2. The van der Waals surface area contributed by atoms with Crippen LogP contribution < -0.4 is 10.6 Å². The average molecular weight is 664 g/mol. The van der Waals surface area contributed by atoms with Gasteiger partial charge in [-0.1, -0.05) is 43.0 Å². The highest BCUT2D eigenvalue weighted by molar-refractivity contribution is 6.25. The van der Waals surface area contributed by atoms with Crippen molar-refractivity contribution in [1.82, 2.24) is 29.8 Å². The molecule has 0 aliphatic carbocycles. The molecule has 0 bridgehead atoms. The lowest BCUT2D eigenvalue weighted by Crippen LogP contribution is -2.51. The van der Waals surface area contributed by atoms with Crippen LogP contribution in [0.4, 0.5) is 5.69 Å². The SMILES string of the molecule is C=C1CCC(N2C(=O)c3cccc(NCc4cnn(C5CCN(C(=O)C6CCN(C(=O)Cc7ccccc7)CC6)CC5)c4)c3C2=O)C(=O)N1. The van der Waals surface area contributed by atoms with Crippen molar-refractivity contribution < 1.29 is 24.0 Å². The maximum absolute atomic E-state index is 13.5. The third-order valence-corrected chi connectivity index (χ3v) is 10.3. The zero-order chi connectivity index (χ0) is 34.1. The fourth-order valence-electron chi connectivity index (χ4n) is 7.47. The minimum absolute atomic E-state index is 0.0479. The molecule has 254 valence electrons. The smallest absolute Gasteiger partial charge is 0.264 e. The number of likely N-dealkylation sites (tertiary alicyclic amines) is 2. The number of nitrogens with one attached hydrogen (secondary N) is 2. The van der Waals surface area contributed by atoms with Crippen LogP contribution in [0.25, 0.3) is 0 Å². The lowest BCUT2D eigenvalue weighted by atomic mass is 9.93. The topological polar surface area (TPSA) is 137 Å². The van der Waals surface area contributed by atoms with Crippen molar-refractivity contribution in [1.29, 1.82) is 0 Å². The normalized spacial score (nSPS) is 20.4. The number of aromatic nitrogens is 2. The van der Waals surface area contributed by atoms with E-state index in [0.717, 1.165) is 28.9 Å². The molecule has 1 aromatic heterocycles. The predicted octanol–water partition coefficient (Wildman–Crippen LogP) is 3.53. The van der Waals surface area contributed by atoms with E-state index in [0.29, 0.717) is 76.2 Å². The fourth-order valence-corrected chi connectivity index (χ4v) is 7.47. The Bertz CT molecular complexity index is 1790. The van der Waals surface area contributed by atoms with E-state index < -0.39 is 23.8 Å². The van der Waals surface area contributed by atoms with Crippen LogP contribution in [0.5, 0.6) is 0 Å².